The standard InChI is InChI=1S/C20H23N3O2S/c1-13-16(14(2)25-22-13)7-8-19(24)23-11-9-15(10-12-23)20-21-17-5-3-4-6-18(17)26-20/h3-6,15H,7-12H2,1-2H3. The van der Waals surface area contributed by atoms with Gasteiger partial charge < -0.3 is 9.42 Å². The van der Waals surface area contributed by atoms with Crippen LogP contribution in [-0.2, 0) is 11.2 Å². The molecule has 4 rings (SSSR count). The summed E-state index contributed by atoms with van der Waals surface area (Å²) in [4.78, 5) is 19.4. The van der Waals surface area contributed by atoms with Gasteiger partial charge in [-0.2, -0.15) is 0 Å². The van der Waals surface area contributed by atoms with Gasteiger partial charge in [-0.05, 0) is 45.2 Å². The normalized spacial score (nSPS) is 15.7. The molecule has 0 bridgehead atoms. The van der Waals surface area contributed by atoms with Crippen LogP contribution in [0.25, 0.3) is 10.2 Å². The number of likely N-dealkylation sites (tertiary alicyclic amines) is 1. The lowest BCUT2D eigenvalue weighted by atomic mass is 9.97. The molecule has 1 aliphatic heterocycles. The summed E-state index contributed by atoms with van der Waals surface area (Å²) in [6.07, 6.45) is 3.22. The zero-order valence-electron chi connectivity index (χ0n) is 15.2. The monoisotopic (exact) mass is 369 g/mol. The van der Waals surface area contributed by atoms with Gasteiger partial charge in [0.1, 0.15) is 5.76 Å². The van der Waals surface area contributed by atoms with Gasteiger partial charge in [0.15, 0.2) is 0 Å². The molecule has 2 aromatic heterocycles. The quantitative estimate of drug-likeness (QED) is 0.690. The third kappa shape index (κ3) is 3.38. The molecule has 26 heavy (non-hydrogen) atoms. The number of carbonyl (C=O) groups is 1. The largest absolute Gasteiger partial charge is 0.361 e. The molecule has 0 spiro atoms. The SMILES string of the molecule is Cc1noc(C)c1CCC(=O)N1CCC(c2nc3ccccc3s2)CC1. The average Bonchev–Trinajstić information content (AvgIpc) is 3.23. The van der Waals surface area contributed by atoms with Crippen LogP contribution in [0.4, 0.5) is 0 Å². The molecule has 6 heteroatoms. The highest BCUT2D eigenvalue weighted by atomic mass is 32.1. The summed E-state index contributed by atoms with van der Waals surface area (Å²) in [6, 6.07) is 8.29. The highest BCUT2D eigenvalue weighted by Gasteiger charge is 2.26. The van der Waals surface area contributed by atoms with E-state index in [0.717, 1.165) is 48.5 Å². The summed E-state index contributed by atoms with van der Waals surface area (Å²) < 4.78 is 6.43. The van der Waals surface area contributed by atoms with Crippen molar-refractivity contribution in [1.29, 1.82) is 0 Å². The van der Waals surface area contributed by atoms with Crippen LogP contribution in [-0.4, -0.2) is 34.0 Å². The number of fused-ring (bicyclic) bond motifs is 1. The van der Waals surface area contributed by atoms with E-state index < -0.39 is 0 Å². The highest BCUT2D eigenvalue weighted by molar-refractivity contribution is 7.18. The molecule has 1 aliphatic rings. The van der Waals surface area contributed by atoms with Crippen LogP contribution >= 0.6 is 11.3 Å². The van der Waals surface area contributed by atoms with E-state index in [1.54, 1.807) is 11.3 Å². The van der Waals surface area contributed by atoms with Gasteiger partial charge in [0.05, 0.1) is 20.9 Å². The molecule has 0 unspecified atom stereocenters. The predicted molar refractivity (Wildman–Crippen MR) is 102 cm³/mol. The number of para-hydroxylation sites is 1. The summed E-state index contributed by atoms with van der Waals surface area (Å²) in [5.41, 5.74) is 3.05. The van der Waals surface area contributed by atoms with Crippen LogP contribution < -0.4 is 0 Å². The number of thiazole rings is 1. The molecule has 1 amide bonds. The fourth-order valence-electron chi connectivity index (χ4n) is 3.69. The molecule has 3 aromatic rings. The number of aromatic nitrogens is 2. The lowest BCUT2D eigenvalue weighted by Gasteiger charge is -2.31. The van der Waals surface area contributed by atoms with E-state index in [4.69, 9.17) is 9.51 Å². The summed E-state index contributed by atoms with van der Waals surface area (Å²) >= 11 is 1.79. The number of nitrogens with zero attached hydrogens (tertiary/aromatic N) is 3. The van der Waals surface area contributed by atoms with Gasteiger partial charge in [-0.25, -0.2) is 4.98 Å². The Morgan fingerprint density at radius 2 is 2.04 bits per heavy atom. The second-order valence-electron chi connectivity index (χ2n) is 6.98. The third-order valence-corrected chi connectivity index (χ3v) is 6.48. The molecule has 136 valence electrons. The highest BCUT2D eigenvalue weighted by Crippen LogP contribution is 2.34. The third-order valence-electron chi connectivity index (χ3n) is 5.28. The molecule has 0 atom stereocenters. The predicted octanol–water partition coefficient (Wildman–Crippen LogP) is 4.24. The van der Waals surface area contributed by atoms with E-state index in [1.165, 1.54) is 9.71 Å². The smallest absolute Gasteiger partial charge is 0.222 e. The van der Waals surface area contributed by atoms with Crippen molar-refractivity contribution in [2.24, 2.45) is 0 Å². The Kier molecular flexibility index (Phi) is 4.76. The Morgan fingerprint density at radius 1 is 1.27 bits per heavy atom. The maximum absolute atomic E-state index is 12.6. The average molecular weight is 369 g/mol. The van der Waals surface area contributed by atoms with Crippen molar-refractivity contribution < 1.29 is 9.32 Å². The lowest BCUT2D eigenvalue weighted by molar-refractivity contribution is -0.132. The van der Waals surface area contributed by atoms with E-state index in [1.807, 2.05) is 24.8 Å². The Morgan fingerprint density at radius 3 is 2.73 bits per heavy atom. The van der Waals surface area contributed by atoms with Crippen molar-refractivity contribution in [1.82, 2.24) is 15.0 Å². The lowest BCUT2D eigenvalue weighted by Crippen LogP contribution is -2.38. The number of rotatable bonds is 4. The Bertz CT molecular complexity index is 870. The molecular formula is C20H23N3O2S. The van der Waals surface area contributed by atoms with Crippen LogP contribution in [0.5, 0.6) is 0 Å². The molecule has 0 aliphatic carbocycles. The van der Waals surface area contributed by atoms with E-state index in [2.05, 4.69) is 23.4 Å². The van der Waals surface area contributed by atoms with Gasteiger partial charge in [-0.3, -0.25) is 4.79 Å². The molecule has 1 saturated heterocycles. The number of hydrogen-bond donors (Lipinski definition) is 0. The zero-order valence-corrected chi connectivity index (χ0v) is 16.0. The number of carbonyl (C=O) groups excluding carboxylic acids is 1. The maximum Gasteiger partial charge on any atom is 0.222 e. The van der Waals surface area contributed by atoms with Gasteiger partial charge >= 0.3 is 0 Å². The van der Waals surface area contributed by atoms with Gasteiger partial charge in [0.25, 0.3) is 0 Å². The minimum atomic E-state index is 0.229. The van der Waals surface area contributed by atoms with Gasteiger partial charge in [0, 0.05) is 31.0 Å². The summed E-state index contributed by atoms with van der Waals surface area (Å²) in [6.45, 7) is 5.48. The van der Waals surface area contributed by atoms with Gasteiger partial charge in [-0.1, -0.05) is 17.3 Å². The van der Waals surface area contributed by atoms with Crippen molar-refractivity contribution >= 4 is 27.5 Å². The Hall–Kier alpha value is -2.21. The fraction of sp³-hybridized carbons (Fsp3) is 0.450. The molecular weight excluding hydrogens is 346 g/mol. The van der Waals surface area contributed by atoms with Crippen molar-refractivity contribution in [3.8, 4) is 0 Å². The molecule has 5 nitrogen and oxygen atoms in total. The van der Waals surface area contributed by atoms with Crippen molar-refractivity contribution in [3.63, 3.8) is 0 Å². The summed E-state index contributed by atoms with van der Waals surface area (Å²) in [5.74, 6) is 1.52. The maximum atomic E-state index is 12.6. The molecule has 3 heterocycles. The number of aryl methyl sites for hydroxylation is 2. The summed E-state index contributed by atoms with van der Waals surface area (Å²) in [5, 5.41) is 5.18. The Labute approximate surface area is 157 Å². The molecule has 1 fully saturated rings. The number of benzene rings is 1. The van der Waals surface area contributed by atoms with E-state index in [0.29, 0.717) is 18.8 Å². The van der Waals surface area contributed by atoms with Crippen molar-refractivity contribution in [2.45, 2.75) is 45.4 Å². The number of piperidine rings is 1. The number of hydrogen-bond acceptors (Lipinski definition) is 5. The topological polar surface area (TPSA) is 59.2 Å². The zero-order chi connectivity index (χ0) is 18.1. The fourth-order valence-corrected chi connectivity index (χ4v) is 4.83. The molecule has 1 aromatic carbocycles. The summed E-state index contributed by atoms with van der Waals surface area (Å²) in [7, 11) is 0. The van der Waals surface area contributed by atoms with Crippen molar-refractivity contribution in [2.75, 3.05) is 13.1 Å². The Balaban J connectivity index is 1.33. The first-order valence-corrected chi connectivity index (χ1v) is 9.98. The first-order valence-electron chi connectivity index (χ1n) is 9.17. The van der Waals surface area contributed by atoms with Crippen LogP contribution in [0.3, 0.4) is 0 Å². The minimum Gasteiger partial charge on any atom is -0.361 e. The van der Waals surface area contributed by atoms with Crippen LogP contribution in [0.1, 0.15) is 47.2 Å². The molecule has 0 radical (unpaired) electrons. The second kappa shape index (κ2) is 7.19. The first kappa shape index (κ1) is 17.2. The minimum absolute atomic E-state index is 0.229. The second-order valence-corrected chi connectivity index (χ2v) is 8.04. The first-order chi connectivity index (χ1) is 12.6. The van der Waals surface area contributed by atoms with E-state index in [9.17, 15) is 4.79 Å². The number of amides is 1. The van der Waals surface area contributed by atoms with Crippen molar-refractivity contribution in [3.05, 3.63) is 46.3 Å². The van der Waals surface area contributed by atoms with E-state index >= 15 is 0 Å². The van der Waals surface area contributed by atoms with Crippen LogP contribution in [0.15, 0.2) is 28.8 Å². The van der Waals surface area contributed by atoms with Gasteiger partial charge in [-0.15, -0.1) is 11.3 Å². The molecule has 0 N–H and O–H groups in total. The van der Waals surface area contributed by atoms with Gasteiger partial charge in [0.2, 0.25) is 5.91 Å². The van der Waals surface area contributed by atoms with E-state index in [-0.39, 0.29) is 5.91 Å². The van der Waals surface area contributed by atoms with Crippen LogP contribution in [0.2, 0.25) is 0 Å². The van der Waals surface area contributed by atoms with Crippen LogP contribution in [0, 0.1) is 13.8 Å². The molecule has 0 saturated carbocycles.